The van der Waals surface area contributed by atoms with Crippen LogP contribution in [0.25, 0.3) is 0 Å². The summed E-state index contributed by atoms with van der Waals surface area (Å²) in [6, 6.07) is 3.91. The summed E-state index contributed by atoms with van der Waals surface area (Å²) in [5.41, 5.74) is 1.18. The van der Waals surface area contributed by atoms with Gasteiger partial charge in [-0.1, -0.05) is 12.2 Å². The summed E-state index contributed by atoms with van der Waals surface area (Å²) in [6.45, 7) is 3.74. The van der Waals surface area contributed by atoms with E-state index in [1.807, 2.05) is 25.1 Å². The van der Waals surface area contributed by atoms with Crippen LogP contribution < -0.4 is 10.1 Å². The Morgan fingerprint density at radius 3 is 3.14 bits per heavy atom. The van der Waals surface area contributed by atoms with Gasteiger partial charge in [0.1, 0.15) is 0 Å². The second-order valence-electron chi connectivity index (χ2n) is 2.91. The average Bonchev–Trinajstić information content (AvgIpc) is 2.25. The summed E-state index contributed by atoms with van der Waals surface area (Å²) >= 11 is 0. The number of ether oxygens (including phenoxy) is 1. The molecular weight excluding hydrogens is 176 g/mol. The van der Waals surface area contributed by atoms with Gasteiger partial charge in [0.15, 0.2) is 0 Å². The molecule has 0 bridgehead atoms. The molecule has 0 radical (unpaired) electrons. The summed E-state index contributed by atoms with van der Waals surface area (Å²) in [5, 5.41) is 3.28. The van der Waals surface area contributed by atoms with Crippen LogP contribution in [0.5, 0.6) is 5.88 Å². The fourth-order valence-corrected chi connectivity index (χ4v) is 1.09. The van der Waals surface area contributed by atoms with E-state index in [0.29, 0.717) is 5.88 Å². The van der Waals surface area contributed by atoms with Crippen LogP contribution in [-0.4, -0.2) is 18.6 Å². The number of nitrogens with zero attached hydrogens (tertiary/aromatic N) is 1. The molecule has 1 rings (SSSR count). The Hall–Kier alpha value is -1.35. The fraction of sp³-hybridized carbons (Fsp3) is 0.364. The maximum absolute atomic E-state index is 5.03. The van der Waals surface area contributed by atoms with Crippen molar-refractivity contribution in [1.82, 2.24) is 10.3 Å². The Labute approximate surface area is 84.8 Å². The van der Waals surface area contributed by atoms with Gasteiger partial charge >= 0.3 is 0 Å². The molecule has 0 aliphatic carbocycles. The van der Waals surface area contributed by atoms with Crippen molar-refractivity contribution >= 4 is 0 Å². The summed E-state index contributed by atoms with van der Waals surface area (Å²) in [7, 11) is 1.62. The molecule has 1 aromatic heterocycles. The molecule has 3 heteroatoms. The van der Waals surface area contributed by atoms with Crippen molar-refractivity contribution in [3.05, 3.63) is 36.0 Å². The van der Waals surface area contributed by atoms with Gasteiger partial charge < -0.3 is 10.1 Å². The topological polar surface area (TPSA) is 34.2 Å². The minimum absolute atomic E-state index is 0.662. The molecule has 0 aromatic carbocycles. The third kappa shape index (κ3) is 3.58. The van der Waals surface area contributed by atoms with Crippen molar-refractivity contribution in [3.8, 4) is 5.88 Å². The van der Waals surface area contributed by atoms with Crippen molar-refractivity contribution < 1.29 is 4.74 Å². The van der Waals surface area contributed by atoms with Crippen molar-refractivity contribution in [1.29, 1.82) is 0 Å². The van der Waals surface area contributed by atoms with Crippen LogP contribution in [0.2, 0.25) is 0 Å². The van der Waals surface area contributed by atoms with Crippen molar-refractivity contribution in [2.45, 2.75) is 13.5 Å². The normalized spacial score (nSPS) is 10.7. The lowest BCUT2D eigenvalue weighted by Gasteiger charge is -2.03. The first-order chi connectivity index (χ1) is 6.86. The van der Waals surface area contributed by atoms with E-state index in [9.17, 15) is 0 Å². The standard InChI is InChI=1S/C11H16N2O/c1-3-4-6-12-9-10-5-7-13-11(8-10)14-2/h3-5,7-8,12H,6,9H2,1-2H3/b4-3+. The molecule has 3 nitrogen and oxygen atoms in total. The van der Waals surface area contributed by atoms with Gasteiger partial charge in [-0.05, 0) is 18.6 Å². The molecule has 0 atom stereocenters. The highest BCUT2D eigenvalue weighted by atomic mass is 16.5. The van der Waals surface area contributed by atoms with Crippen molar-refractivity contribution in [2.24, 2.45) is 0 Å². The quantitative estimate of drug-likeness (QED) is 0.570. The van der Waals surface area contributed by atoms with E-state index in [4.69, 9.17) is 4.74 Å². The van der Waals surface area contributed by atoms with E-state index in [-0.39, 0.29) is 0 Å². The summed E-state index contributed by atoms with van der Waals surface area (Å²) < 4.78 is 5.03. The smallest absolute Gasteiger partial charge is 0.213 e. The first kappa shape index (κ1) is 10.7. The van der Waals surface area contributed by atoms with E-state index < -0.39 is 0 Å². The second kappa shape index (κ2) is 6.16. The maximum Gasteiger partial charge on any atom is 0.213 e. The first-order valence-electron chi connectivity index (χ1n) is 4.67. The first-order valence-corrected chi connectivity index (χ1v) is 4.67. The van der Waals surface area contributed by atoms with Crippen molar-refractivity contribution in [3.63, 3.8) is 0 Å². The number of methoxy groups -OCH3 is 1. The molecule has 14 heavy (non-hydrogen) atoms. The molecule has 0 spiro atoms. The lowest BCUT2D eigenvalue weighted by atomic mass is 10.2. The van der Waals surface area contributed by atoms with Gasteiger partial charge in [-0.25, -0.2) is 4.98 Å². The molecule has 0 fully saturated rings. The molecule has 1 N–H and O–H groups in total. The lowest BCUT2D eigenvalue weighted by Crippen LogP contribution is -2.12. The Kier molecular flexibility index (Phi) is 4.72. The summed E-state index contributed by atoms with van der Waals surface area (Å²) in [4.78, 5) is 4.04. The molecule has 1 heterocycles. The van der Waals surface area contributed by atoms with Crippen LogP contribution in [-0.2, 0) is 6.54 Å². The zero-order chi connectivity index (χ0) is 10.2. The summed E-state index contributed by atoms with van der Waals surface area (Å²) in [6.07, 6.45) is 5.87. The number of pyridine rings is 1. The van der Waals surface area contributed by atoms with Crippen LogP contribution in [0.3, 0.4) is 0 Å². The van der Waals surface area contributed by atoms with Crippen molar-refractivity contribution in [2.75, 3.05) is 13.7 Å². The van der Waals surface area contributed by atoms with E-state index in [0.717, 1.165) is 13.1 Å². The number of hydrogen-bond acceptors (Lipinski definition) is 3. The van der Waals surface area contributed by atoms with Gasteiger partial charge in [-0.3, -0.25) is 0 Å². The minimum Gasteiger partial charge on any atom is -0.481 e. The lowest BCUT2D eigenvalue weighted by molar-refractivity contribution is 0.397. The molecule has 0 aliphatic rings. The predicted molar refractivity (Wildman–Crippen MR) is 57.3 cm³/mol. The van der Waals surface area contributed by atoms with E-state index in [2.05, 4.69) is 16.4 Å². The molecule has 76 valence electrons. The Bertz CT molecular complexity index is 297. The number of nitrogens with one attached hydrogen (secondary N) is 1. The molecular formula is C11H16N2O. The number of hydrogen-bond donors (Lipinski definition) is 1. The van der Waals surface area contributed by atoms with Gasteiger partial charge in [-0.15, -0.1) is 0 Å². The van der Waals surface area contributed by atoms with Crippen LogP contribution in [0.15, 0.2) is 30.5 Å². The molecule has 0 saturated heterocycles. The Morgan fingerprint density at radius 1 is 1.57 bits per heavy atom. The highest BCUT2D eigenvalue weighted by Crippen LogP contribution is 2.07. The number of allylic oxidation sites excluding steroid dienone is 1. The molecule has 0 saturated carbocycles. The minimum atomic E-state index is 0.662. The van der Waals surface area contributed by atoms with Gasteiger partial charge in [0.05, 0.1) is 7.11 Å². The van der Waals surface area contributed by atoms with Gasteiger partial charge in [0, 0.05) is 25.4 Å². The molecule has 0 amide bonds. The van der Waals surface area contributed by atoms with E-state index in [1.54, 1.807) is 13.3 Å². The maximum atomic E-state index is 5.03. The van der Waals surface area contributed by atoms with E-state index >= 15 is 0 Å². The highest BCUT2D eigenvalue weighted by Gasteiger charge is 1.95. The van der Waals surface area contributed by atoms with Crippen LogP contribution in [0.4, 0.5) is 0 Å². The third-order valence-corrected chi connectivity index (χ3v) is 1.84. The molecule has 0 unspecified atom stereocenters. The zero-order valence-corrected chi connectivity index (χ0v) is 8.66. The SMILES string of the molecule is C/C=C/CNCc1ccnc(OC)c1. The Balaban J connectivity index is 2.42. The van der Waals surface area contributed by atoms with Crippen LogP contribution in [0, 0.1) is 0 Å². The van der Waals surface area contributed by atoms with Gasteiger partial charge in [0.25, 0.3) is 0 Å². The zero-order valence-electron chi connectivity index (χ0n) is 8.66. The average molecular weight is 192 g/mol. The van der Waals surface area contributed by atoms with E-state index in [1.165, 1.54) is 5.56 Å². The summed E-state index contributed by atoms with van der Waals surface area (Å²) in [5.74, 6) is 0.662. The van der Waals surface area contributed by atoms with Crippen LogP contribution in [0.1, 0.15) is 12.5 Å². The second-order valence-corrected chi connectivity index (χ2v) is 2.91. The largest absolute Gasteiger partial charge is 0.481 e. The third-order valence-electron chi connectivity index (χ3n) is 1.84. The fourth-order valence-electron chi connectivity index (χ4n) is 1.09. The highest BCUT2D eigenvalue weighted by molar-refractivity contribution is 5.20. The predicted octanol–water partition coefficient (Wildman–Crippen LogP) is 1.76. The number of rotatable bonds is 5. The molecule has 1 aromatic rings. The monoisotopic (exact) mass is 192 g/mol. The Morgan fingerprint density at radius 2 is 2.43 bits per heavy atom. The van der Waals surface area contributed by atoms with Gasteiger partial charge in [0.2, 0.25) is 5.88 Å². The number of aromatic nitrogens is 1. The molecule has 0 aliphatic heterocycles. The van der Waals surface area contributed by atoms with Crippen LogP contribution >= 0.6 is 0 Å². The van der Waals surface area contributed by atoms with Gasteiger partial charge in [-0.2, -0.15) is 0 Å².